The van der Waals surface area contributed by atoms with Crippen molar-refractivity contribution >= 4 is 0 Å². The summed E-state index contributed by atoms with van der Waals surface area (Å²) in [7, 11) is 0. The molecule has 0 aromatic carbocycles. The van der Waals surface area contributed by atoms with Crippen LogP contribution in [-0.4, -0.2) is 18.1 Å². The van der Waals surface area contributed by atoms with Gasteiger partial charge in [0.05, 0.1) is 6.61 Å². The molecule has 1 heterocycles. The minimum absolute atomic E-state index is 0.755. The van der Waals surface area contributed by atoms with Gasteiger partial charge in [-0.3, -0.25) is 4.98 Å². The molecule has 1 saturated carbocycles. The summed E-state index contributed by atoms with van der Waals surface area (Å²) in [5, 5.41) is 3.42. The largest absolute Gasteiger partial charge is 0.493 e. The Morgan fingerprint density at radius 2 is 2.16 bits per heavy atom. The van der Waals surface area contributed by atoms with Gasteiger partial charge in [0.25, 0.3) is 0 Å². The predicted molar refractivity (Wildman–Crippen MR) is 78.4 cm³/mol. The summed E-state index contributed by atoms with van der Waals surface area (Å²) in [6, 6.07) is 2.07. The molecule has 106 valence electrons. The second-order valence-electron chi connectivity index (χ2n) is 5.57. The van der Waals surface area contributed by atoms with Crippen LogP contribution in [0.4, 0.5) is 0 Å². The highest BCUT2D eigenvalue weighted by Gasteiger charge is 2.16. The van der Waals surface area contributed by atoms with Crippen molar-refractivity contribution in [3.05, 3.63) is 23.5 Å². The highest BCUT2D eigenvalue weighted by molar-refractivity contribution is 5.32. The number of nitrogens with zero attached hydrogens (tertiary/aromatic N) is 1. The van der Waals surface area contributed by atoms with E-state index >= 15 is 0 Å². The maximum absolute atomic E-state index is 6.05. The Balaban J connectivity index is 1.93. The summed E-state index contributed by atoms with van der Waals surface area (Å²) < 4.78 is 6.05. The van der Waals surface area contributed by atoms with Gasteiger partial charge in [0.1, 0.15) is 5.75 Å². The average Bonchev–Trinajstić information content (AvgIpc) is 2.92. The number of hydrogen-bond donors (Lipinski definition) is 1. The van der Waals surface area contributed by atoms with Crippen molar-refractivity contribution < 1.29 is 4.74 Å². The first-order chi connectivity index (χ1) is 9.29. The van der Waals surface area contributed by atoms with E-state index in [1.54, 1.807) is 0 Å². The van der Waals surface area contributed by atoms with E-state index in [0.717, 1.165) is 43.5 Å². The summed E-state index contributed by atoms with van der Waals surface area (Å²) in [6.07, 6.45) is 8.49. The highest BCUT2D eigenvalue weighted by Crippen LogP contribution is 2.26. The molecule has 1 fully saturated rings. The number of hydrogen-bond acceptors (Lipinski definition) is 3. The minimum atomic E-state index is 0.755. The third-order valence-electron chi connectivity index (χ3n) is 3.77. The molecule has 0 amide bonds. The van der Waals surface area contributed by atoms with Crippen LogP contribution in [-0.2, 0) is 6.54 Å². The lowest BCUT2D eigenvalue weighted by Gasteiger charge is -2.15. The predicted octanol–water partition coefficient (Wildman–Crippen LogP) is 3.46. The van der Waals surface area contributed by atoms with Gasteiger partial charge in [-0.25, -0.2) is 0 Å². The molecule has 2 rings (SSSR count). The van der Waals surface area contributed by atoms with Gasteiger partial charge in [-0.05, 0) is 38.6 Å². The quantitative estimate of drug-likeness (QED) is 0.764. The Bertz CT molecular complexity index is 386. The van der Waals surface area contributed by atoms with E-state index in [9.17, 15) is 0 Å². The molecule has 0 bridgehead atoms. The SMILES string of the molecule is CCCNCc1cnc(C)cc1OCC1CCCC1. The average molecular weight is 262 g/mol. The van der Waals surface area contributed by atoms with Crippen LogP contribution in [0.2, 0.25) is 0 Å². The fourth-order valence-electron chi connectivity index (χ4n) is 2.61. The Labute approximate surface area is 116 Å². The van der Waals surface area contributed by atoms with E-state index in [4.69, 9.17) is 4.74 Å². The van der Waals surface area contributed by atoms with Gasteiger partial charge in [-0.1, -0.05) is 19.8 Å². The lowest BCUT2D eigenvalue weighted by molar-refractivity contribution is 0.249. The van der Waals surface area contributed by atoms with E-state index in [1.807, 2.05) is 13.1 Å². The van der Waals surface area contributed by atoms with Crippen molar-refractivity contribution in [2.75, 3.05) is 13.2 Å². The van der Waals surface area contributed by atoms with Crippen LogP contribution < -0.4 is 10.1 Å². The molecule has 1 aliphatic carbocycles. The lowest BCUT2D eigenvalue weighted by atomic mass is 10.1. The molecule has 0 unspecified atom stereocenters. The molecule has 3 nitrogen and oxygen atoms in total. The van der Waals surface area contributed by atoms with Crippen molar-refractivity contribution in [2.24, 2.45) is 5.92 Å². The van der Waals surface area contributed by atoms with Crippen molar-refractivity contribution in [3.8, 4) is 5.75 Å². The minimum Gasteiger partial charge on any atom is -0.493 e. The van der Waals surface area contributed by atoms with E-state index in [1.165, 1.54) is 31.2 Å². The molecule has 0 aliphatic heterocycles. The maximum atomic E-state index is 6.05. The van der Waals surface area contributed by atoms with Crippen molar-refractivity contribution in [2.45, 2.75) is 52.5 Å². The van der Waals surface area contributed by atoms with Crippen LogP contribution in [0.1, 0.15) is 50.3 Å². The van der Waals surface area contributed by atoms with E-state index in [-0.39, 0.29) is 0 Å². The molecule has 3 heteroatoms. The van der Waals surface area contributed by atoms with Gasteiger partial charge >= 0.3 is 0 Å². The summed E-state index contributed by atoms with van der Waals surface area (Å²) in [5.41, 5.74) is 2.21. The van der Waals surface area contributed by atoms with Crippen LogP contribution in [0.25, 0.3) is 0 Å². The summed E-state index contributed by atoms with van der Waals surface area (Å²) in [6.45, 7) is 6.95. The van der Waals surface area contributed by atoms with Crippen molar-refractivity contribution in [1.29, 1.82) is 0 Å². The molecule has 0 saturated heterocycles. The number of pyridine rings is 1. The second-order valence-corrected chi connectivity index (χ2v) is 5.57. The normalized spacial score (nSPS) is 15.9. The number of nitrogens with one attached hydrogen (secondary N) is 1. The number of aryl methyl sites for hydroxylation is 1. The van der Waals surface area contributed by atoms with Crippen LogP contribution >= 0.6 is 0 Å². The fourth-order valence-corrected chi connectivity index (χ4v) is 2.61. The number of aromatic nitrogens is 1. The summed E-state index contributed by atoms with van der Waals surface area (Å²) in [5.74, 6) is 1.77. The molecular formula is C16H26N2O. The summed E-state index contributed by atoms with van der Waals surface area (Å²) in [4.78, 5) is 4.38. The molecular weight excluding hydrogens is 236 g/mol. The van der Waals surface area contributed by atoms with Gasteiger partial charge in [-0.2, -0.15) is 0 Å². The van der Waals surface area contributed by atoms with Gasteiger partial charge in [0, 0.05) is 30.1 Å². The van der Waals surface area contributed by atoms with Crippen molar-refractivity contribution in [3.63, 3.8) is 0 Å². The Morgan fingerprint density at radius 3 is 2.89 bits per heavy atom. The molecule has 1 N–H and O–H groups in total. The van der Waals surface area contributed by atoms with Crippen LogP contribution in [0, 0.1) is 12.8 Å². The third-order valence-corrected chi connectivity index (χ3v) is 3.77. The molecule has 1 aromatic rings. The highest BCUT2D eigenvalue weighted by atomic mass is 16.5. The summed E-state index contributed by atoms with van der Waals surface area (Å²) >= 11 is 0. The standard InChI is InChI=1S/C16H26N2O/c1-3-8-17-10-15-11-18-13(2)9-16(15)19-12-14-6-4-5-7-14/h9,11,14,17H,3-8,10,12H2,1-2H3. The van der Waals surface area contributed by atoms with Gasteiger partial charge in [0.15, 0.2) is 0 Å². The first-order valence-electron chi connectivity index (χ1n) is 7.58. The Kier molecular flexibility index (Phi) is 5.64. The second kappa shape index (κ2) is 7.49. The first kappa shape index (κ1) is 14.3. The topological polar surface area (TPSA) is 34.2 Å². The zero-order chi connectivity index (χ0) is 13.5. The smallest absolute Gasteiger partial charge is 0.127 e. The fraction of sp³-hybridized carbons (Fsp3) is 0.688. The van der Waals surface area contributed by atoms with E-state index in [2.05, 4.69) is 23.3 Å². The van der Waals surface area contributed by atoms with Gasteiger partial charge in [-0.15, -0.1) is 0 Å². The zero-order valence-electron chi connectivity index (χ0n) is 12.2. The van der Waals surface area contributed by atoms with E-state index in [0.29, 0.717) is 0 Å². The molecule has 0 radical (unpaired) electrons. The molecule has 1 aromatic heterocycles. The molecule has 19 heavy (non-hydrogen) atoms. The van der Waals surface area contributed by atoms with E-state index < -0.39 is 0 Å². The van der Waals surface area contributed by atoms with Crippen LogP contribution in [0.15, 0.2) is 12.3 Å². The Hall–Kier alpha value is -1.09. The van der Waals surface area contributed by atoms with Crippen LogP contribution in [0.3, 0.4) is 0 Å². The molecule has 1 aliphatic rings. The maximum Gasteiger partial charge on any atom is 0.127 e. The zero-order valence-corrected chi connectivity index (χ0v) is 12.2. The van der Waals surface area contributed by atoms with Gasteiger partial charge < -0.3 is 10.1 Å². The van der Waals surface area contributed by atoms with Crippen molar-refractivity contribution in [1.82, 2.24) is 10.3 Å². The number of ether oxygens (including phenoxy) is 1. The van der Waals surface area contributed by atoms with Crippen LogP contribution in [0.5, 0.6) is 5.75 Å². The Morgan fingerprint density at radius 1 is 1.37 bits per heavy atom. The third kappa shape index (κ3) is 4.50. The molecule has 0 spiro atoms. The lowest BCUT2D eigenvalue weighted by Crippen LogP contribution is -2.16. The number of rotatable bonds is 7. The first-order valence-corrected chi connectivity index (χ1v) is 7.58. The molecule has 0 atom stereocenters. The monoisotopic (exact) mass is 262 g/mol. The van der Waals surface area contributed by atoms with Gasteiger partial charge in [0.2, 0.25) is 0 Å².